The maximum absolute atomic E-state index is 12.6. The molecule has 2 saturated heterocycles. The van der Waals surface area contributed by atoms with Gasteiger partial charge in [0.15, 0.2) is 11.5 Å². The Balaban J connectivity index is 1.73. The molecule has 2 fully saturated rings. The van der Waals surface area contributed by atoms with Crippen LogP contribution in [0.2, 0.25) is 0 Å². The lowest BCUT2D eigenvalue weighted by molar-refractivity contribution is -0.136. The predicted molar refractivity (Wildman–Crippen MR) is 103 cm³/mol. The standard InChI is InChI=1S/C19H22N2O5S/c1-25-14-7-6-13(10-15(14)26-2)11-16-18(23)21(19(24)27-16)12-17(22)20-8-4-3-5-9-20/h6-7,10-11H,3-5,8-9,12H2,1-2H3/b16-11-. The van der Waals surface area contributed by atoms with Crippen LogP contribution in [0.4, 0.5) is 4.79 Å². The van der Waals surface area contributed by atoms with Crippen LogP contribution in [0.1, 0.15) is 24.8 Å². The summed E-state index contributed by atoms with van der Waals surface area (Å²) in [5.74, 6) is 0.496. The zero-order valence-electron chi connectivity index (χ0n) is 15.4. The molecule has 0 atom stereocenters. The summed E-state index contributed by atoms with van der Waals surface area (Å²) >= 11 is 0.844. The first-order valence-electron chi connectivity index (χ1n) is 8.78. The Kier molecular flexibility index (Phi) is 6.05. The maximum Gasteiger partial charge on any atom is 0.294 e. The van der Waals surface area contributed by atoms with E-state index in [1.54, 1.807) is 36.3 Å². The second kappa shape index (κ2) is 8.47. The summed E-state index contributed by atoms with van der Waals surface area (Å²) in [4.78, 5) is 40.3. The van der Waals surface area contributed by atoms with Gasteiger partial charge in [-0.3, -0.25) is 19.3 Å². The average Bonchev–Trinajstić information content (AvgIpc) is 2.95. The van der Waals surface area contributed by atoms with Crippen molar-refractivity contribution in [3.63, 3.8) is 0 Å². The molecule has 0 spiro atoms. The highest BCUT2D eigenvalue weighted by Gasteiger charge is 2.37. The number of hydrogen-bond acceptors (Lipinski definition) is 6. The van der Waals surface area contributed by atoms with Gasteiger partial charge in [-0.2, -0.15) is 0 Å². The van der Waals surface area contributed by atoms with Crippen molar-refractivity contribution in [3.8, 4) is 11.5 Å². The summed E-state index contributed by atoms with van der Waals surface area (Å²) in [6.45, 7) is 1.18. The number of rotatable bonds is 5. The molecule has 0 radical (unpaired) electrons. The molecule has 8 heteroatoms. The van der Waals surface area contributed by atoms with Crippen molar-refractivity contribution in [3.05, 3.63) is 28.7 Å². The summed E-state index contributed by atoms with van der Waals surface area (Å²) in [7, 11) is 3.07. The highest BCUT2D eigenvalue weighted by molar-refractivity contribution is 8.18. The number of amides is 3. The van der Waals surface area contributed by atoms with Gasteiger partial charge in [0.25, 0.3) is 11.1 Å². The number of methoxy groups -OCH3 is 2. The lowest BCUT2D eigenvalue weighted by Crippen LogP contribution is -2.44. The number of likely N-dealkylation sites (tertiary alicyclic amines) is 1. The third kappa shape index (κ3) is 4.27. The number of carbonyl (C=O) groups is 3. The van der Waals surface area contributed by atoms with Crippen LogP contribution in [0.5, 0.6) is 11.5 Å². The topological polar surface area (TPSA) is 76.2 Å². The van der Waals surface area contributed by atoms with Crippen molar-refractivity contribution in [2.24, 2.45) is 0 Å². The van der Waals surface area contributed by atoms with Crippen LogP contribution < -0.4 is 9.47 Å². The van der Waals surface area contributed by atoms with Crippen LogP contribution in [0.3, 0.4) is 0 Å². The van der Waals surface area contributed by atoms with E-state index in [-0.39, 0.29) is 12.5 Å². The predicted octanol–water partition coefficient (Wildman–Crippen LogP) is 2.75. The highest BCUT2D eigenvalue weighted by Crippen LogP contribution is 2.34. The highest BCUT2D eigenvalue weighted by atomic mass is 32.2. The van der Waals surface area contributed by atoms with E-state index < -0.39 is 11.1 Å². The van der Waals surface area contributed by atoms with Gasteiger partial charge in [0.2, 0.25) is 5.91 Å². The van der Waals surface area contributed by atoms with E-state index in [1.807, 2.05) is 0 Å². The summed E-state index contributed by atoms with van der Waals surface area (Å²) in [6, 6.07) is 5.23. The third-order valence-electron chi connectivity index (χ3n) is 4.58. The average molecular weight is 390 g/mol. The van der Waals surface area contributed by atoms with Crippen molar-refractivity contribution in [1.29, 1.82) is 0 Å². The van der Waals surface area contributed by atoms with Crippen LogP contribution in [0.25, 0.3) is 6.08 Å². The second-order valence-corrected chi connectivity index (χ2v) is 7.32. The molecular weight excluding hydrogens is 368 g/mol. The van der Waals surface area contributed by atoms with Crippen LogP contribution in [-0.2, 0) is 9.59 Å². The van der Waals surface area contributed by atoms with Crippen molar-refractivity contribution < 1.29 is 23.9 Å². The van der Waals surface area contributed by atoms with Gasteiger partial charge in [0, 0.05) is 13.1 Å². The molecule has 0 saturated carbocycles. The molecule has 0 unspecified atom stereocenters. The Morgan fingerprint density at radius 3 is 2.48 bits per heavy atom. The van der Waals surface area contributed by atoms with E-state index in [0.29, 0.717) is 35.1 Å². The Morgan fingerprint density at radius 1 is 1.11 bits per heavy atom. The number of piperidine rings is 1. The van der Waals surface area contributed by atoms with Crippen molar-refractivity contribution in [2.75, 3.05) is 33.9 Å². The zero-order valence-corrected chi connectivity index (χ0v) is 16.2. The number of benzene rings is 1. The zero-order chi connectivity index (χ0) is 19.4. The number of ether oxygens (including phenoxy) is 2. The summed E-state index contributed by atoms with van der Waals surface area (Å²) < 4.78 is 10.5. The molecule has 0 aliphatic carbocycles. The molecule has 1 aromatic rings. The molecular formula is C19H22N2O5S. The molecule has 0 aromatic heterocycles. The lowest BCUT2D eigenvalue weighted by atomic mass is 10.1. The number of hydrogen-bond donors (Lipinski definition) is 0. The van der Waals surface area contributed by atoms with Crippen LogP contribution >= 0.6 is 11.8 Å². The fourth-order valence-corrected chi connectivity index (χ4v) is 3.95. The summed E-state index contributed by atoms with van der Waals surface area (Å²) in [6.07, 6.45) is 4.66. The smallest absolute Gasteiger partial charge is 0.294 e. The van der Waals surface area contributed by atoms with Gasteiger partial charge in [-0.05, 0) is 54.8 Å². The van der Waals surface area contributed by atoms with Gasteiger partial charge in [0.05, 0.1) is 19.1 Å². The van der Waals surface area contributed by atoms with Gasteiger partial charge in [0.1, 0.15) is 6.54 Å². The first kappa shape index (κ1) is 19.3. The van der Waals surface area contributed by atoms with E-state index in [2.05, 4.69) is 0 Å². The number of imide groups is 1. The van der Waals surface area contributed by atoms with E-state index in [4.69, 9.17) is 9.47 Å². The third-order valence-corrected chi connectivity index (χ3v) is 5.49. The lowest BCUT2D eigenvalue weighted by Gasteiger charge is -2.27. The number of thioether (sulfide) groups is 1. The van der Waals surface area contributed by atoms with E-state index in [0.717, 1.165) is 35.9 Å². The van der Waals surface area contributed by atoms with E-state index in [9.17, 15) is 14.4 Å². The first-order chi connectivity index (χ1) is 13.0. The van der Waals surface area contributed by atoms with Gasteiger partial charge in [-0.1, -0.05) is 6.07 Å². The summed E-state index contributed by atoms with van der Waals surface area (Å²) in [5, 5.41) is -0.419. The summed E-state index contributed by atoms with van der Waals surface area (Å²) in [5.41, 5.74) is 0.709. The van der Waals surface area contributed by atoms with E-state index >= 15 is 0 Å². The van der Waals surface area contributed by atoms with Crippen LogP contribution in [0.15, 0.2) is 23.1 Å². The fraction of sp³-hybridized carbons (Fsp3) is 0.421. The monoisotopic (exact) mass is 390 g/mol. The van der Waals surface area contributed by atoms with Crippen molar-refractivity contribution >= 4 is 34.9 Å². The normalized spacial score (nSPS) is 19.0. The maximum atomic E-state index is 12.6. The van der Waals surface area contributed by atoms with Gasteiger partial charge < -0.3 is 14.4 Å². The Hall–Kier alpha value is -2.48. The quantitative estimate of drug-likeness (QED) is 0.720. The largest absolute Gasteiger partial charge is 0.493 e. The molecule has 2 aliphatic heterocycles. The Morgan fingerprint density at radius 2 is 1.81 bits per heavy atom. The number of nitrogens with zero attached hydrogens (tertiary/aromatic N) is 2. The molecule has 1 aromatic carbocycles. The van der Waals surface area contributed by atoms with Crippen molar-refractivity contribution in [1.82, 2.24) is 9.80 Å². The van der Waals surface area contributed by atoms with Crippen LogP contribution in [-0.4, -0.2) is 60.7 Å². The SMILES string of the molecule is COc1ccc(/C=C2\SC(=O)N(CC(=O)N3CCCCC3)C2=O)cc1OC. The Bertz CT molecular complexity index is 786. The molecule has 0 bridgehead atoms. The van der Waals surface area contributed by atoms with Crippen LogP contribution in [0, 0.1) is 0 Å². The fourth-order valence-electron chi connectivity index (χ4n) is 3.11. The molecule has 3 amide bonds. The molecule has 7 nitrogen and oxygen atoms in total. The van der Waals surface area contributed by atoms with Gasteiger partial charge >= 0.3 is 0 Å². The van der Waals surface area contributed by atoms with Crippen molar-refractivity contribution in [2.45, 2.75) is 19.3 Å². The molecule has 144 valence electrons. The van der Waals surface area contributed by atoms with Gasteiger partial charge in [-0.15, -0.1) is 0 Å². The number of carbonyl (C=O) groups excluding carboxylic acids is 3. The minimum Gasteiger partial charge on any atom is -0.493 e. The molecule has 3 rings (SSSR count). The van der Waals surface area contributed by atoms with Gasteiger partial charge in [-0.25, -0.2) is 0 Å². The van der Waals surface area contributed by atoms with E-state index in [1.165, 1.54) is 7.11 Å². The second-order valence-electron chi connectivity index (χ2n) is 6.32. The molecule has 2 heterocycles. The molecule has 27 heavy (non-hydrogen) atoms. The minimum atomic E-state index is -0.440. The Labute approximate surface area is 162 Å². The molecule has 0 N–H and O–H groups in total. The minimum absolute atomic E-state index is 0.177. The molecule has 2 aliphatic rings. The first-order valence-corrected chi connectivity index (χ1v) is 9.60.